The van der Waals surface area contributed by atoms with Crippen LogP contribution in [0.25, 0.3) is 0 Å². The Morgan fingerprint density at radius 1 is 1.20 bits per heavy atom. The van der Waals surface area contributed by atoms with Gasteiger partial charge in [0, 0.05) is 22.9 Å². The van der Waals surface area contributed by atoms with Crippen LogP contribution in [0.3, 0.4) is 0 Å². The average molecular weight is 664 g/mol. The van der Waals surface area contributed by atoms with E-state index in [2.05, 4.69) is 10.4 Å². The Morgan fingerprint density at radius 3 is 2.48 bits per heavy atom. The molecule has 3 unspecified atom stereocenters. The largest absolute Gasteiger partial charge is 0.459 e. The Labute approximate surface area is 254 Å². The van der Waals surface area contributed by atoms with Gasteiger partial charge in [-0.25, -0.2) is 4.57 Å². The number of ether oxygens (including phenoxy) is 2. The molecule has 1 heterocycles. The topological polar surface area (TPSA) is 179 Å². The number of halogens is 4. The molecule has 1 aliphatic carbocycles. The molecule has 0 aromatic heterocycles. The highest BCUT2D eigenvalue weighted by Crippen LogP contribution is 2.53. The lowest BCUT2D eigenvalue weighted by molar-refractivity contribution is -0.150. The first-order valence-corrected chi connectivity index (χ1v) is 15.1. The van der Waals surface area contributed by atoms with Gasteiger partial charge in [-0.2, -0.15) is 18.3 Å². The minimum absolute atomic E-state index is 0.0181. The Balaban J connectivity index is 1.49. The van der Waals surface area contributed by atoms with Crippen LogP contribution < -0.4 is 20.7 Å². The van der Waals surface area contributed by atoms with Crippen LogP contribution in [0.4, 0.5) is 13.2 Å². The molecule has 17 heteroatoms. The van der Waals surface area contributed by atoms with Gasteiger partial charge in [-0.1, -0.05) is 29.8 Å². The van der Waals surface area contributed by atoms with Crippen molar-refractivity contribution in [3.05, 3.63) is 77.0 Å². The molecule has 1 aliphatic heterocycles. The van der Waals surface area contributed by atoms with Gasteiger partial charge < -0.3 is 35.3 Å². The number of hydrogen-bond acceptors (Lipinski definition) is 10. The maximum Gasteiger partial charge on any atom is 0.459 e. The number of nitrogens with two attached hydrogens (primary N) is 1. The lowest BCUT2D eigenvalue weighted by atomic mass is 9.97. The fraction of sp³-hybridized carbons (Fsp3) is 0.407. The monoisotopic (exact) mass is 663 g/mol. The fourth-order valence-electron chi connectivity index (χ4n) is 4.31. The quantitative estimate of drug-likeness (QED) is 0.121. The van der Waals surface area contributed by atoms with Crippen molar-refractivity contribution in [3.63, 3.8) is 0 Å². The molecule has 0 spiro atoms. The molecule has 44 heavy (non-hydrogen) atoms. The number of carbonyl (C=O) groups excluding carboxylic acids is 2. The highest BCUT2D eigenvalue weighted by atomic mass is 35.5. The van der Waals surface area contributed by atoms with Crippen LogP contribution in [-0.4, -0.2) is 58.3 Å². The summed E-state index contributed by atoms with van der Waals surface area (Å²) in [5, 5.41) is 26.9. The highest BCUT2D eigenvalue weighted by molar-refractivity contribution is 7.52. The molecule has 1 saturated carbocycles. The summed E-state index contributed by atoms with van der Waals surface area (Å²) in [6.45, 7) is -0.0739. The number of benzene rings is 2. The van der Waals surface area contributed by atoms with E-state index in [-0.39, 0.29) is 24.2 Å². The van der Waals surface area contributed by atoms with Gasteiger partial charge in [-0.15, -0.1) is 0 Å². The maximum absolute atomic E-state index is 14.0. The molecule has 12 nitrogen and oxygen atoms in total. The minimum atomic E-state index is -4.67. The van der Waals surface area contributed by atoms with E-state index in [9.17, 15) is 37.5 Å². The van der Waals surface area contributed by atoms with Crippen LogP contribution in [0.5, 0.6) is 5.75 Å². The number of esters is 1. The van der Waals surface area contributed by atoms with Gasteiger partial charge in [0.25, 0.3) is 0 Å². The molecule has 2 fully saturated rings. The molecule has 2 aromatic rings. The molecule has 4 rings (SSSR count). The normalized spacial score (nSPS) is 25.8. The van der Waals surface area contributed by atoms with Gasteiger partial charge >= 0.3 is 19.9 Å². The SMILES string of the molecule is C[C@]1(O)C(N/C=C\C(N)=O)OC(COP(=O)(NC2(C(=O)OCc3ccccc3C(F)(F)F)CC2)Oc2ccc(Cl)cc2)[C@H]1O. The van der Waals surface area contributed by atoms with Crippen molar-refractivity contribution in [1.82, 2.24) is 10.4 Å². The highest BCUT2D eigenvalue weighted by Gasteiger charge is 2.58. The van der Waals surface area contributed by atoms with Crippen LogP contribution in [0.15, 0.2) is 60.8 Å². The predicted molar refractivity (Wildman–Crippen MR) is 149 cm³/mol. The van der Waals surface area contributed by atoms with E-state index in [4.69, 9.17) is 35.9 Å². The number of alkyl halides is 3. The van der Waals surface area contributed by atoms with E-state index in [1.54, 1.807) is 0 Å². The zero-order valence-electron chi connectivity index (χ0n) is 23.1. The Morgan fingerprint density at radius 2 is 1.86 bits per heavy atom. The zero-order valence-corrected chi connectivity index (χ0v) is 24.8. The van der Waals surface area contributed by atoms with Gasteiger partial charge in [-0.3, -0.25) is 14.1 Å². The molecule has 5 atom stereocenters. The minimum Gasteiger partial charge on any atom is -0.459 e. The smallest absolute Gasteiger partial charge is 0.459 e. The predicted octanol–water partition coefficient (Wildman–Crippen LogP) is 3.15. The van der Waals surface area contributed by atoms with Crippen LogP contribution >= 0.6 is 19.3 Å². The van der Waals surface area contributed by atoms with Gasteiger partial charge in [0.1, 0.15) is 35.7 Å². The Hall–Kier alpha value is -3.17. The van der Waals surface area contributed by atoms with E-state index < -0.39 is 74.2 Å². The van der Waals surface area contributed by atoms with Crippen LogP contribution in [-0.2, 0) is 40.9 Å². The standard InChI is InChI=1S/C27H30ClF3N3O9P/c1-25(38)22(36)20(42-23(25)33-13-10-21(32)35)15-41-44(39,43-18-8-6-17(28)7-9-18)34-26(11-12-26)24(37)40-14-16-4-2-3-5-19(16)27(29,30)31/h2-10,13,20,22-23,33,36,38H,11-12,14-15H2,1H3,(H2,32,35)(H,34,39)/b13-10-/t20?,22-,23?,25-,44?/m1/s1. The molecule has 2 aliphatic rings. The van der Waals surface area contributed by atoms with E-state index in [0.717, 1.165) is 18.3 Å². The van der Waals surface area contributed by atoms with Gasteiger partial charge in [0.05, 0.1) is 12.2 Å². The molecule has 1 saturated heterocycles. The van der Waals surface area contributed by atoms with Crippen molar-refractivity contribution >= 4 is 31.2 Å². The third-order valence-corrected chi connectivity index (χ3v) is 8.80. The van der Waals surface area contributed by atoms with Gasteiger partial charge in [0.15, 0.2) is 6.23 Å². The number of primary amides is 1. The summed E-state index contributed by atoms with van der Waals surface area (Å²) >= 11 is 5.92. The second-order valence-electron chi connectivity index (χ2n) is 10.4. The summed E-state index contributed by atoms with van der Waals surface area (Å²) in [7, 11) is -4.52. The van der Waals surface area contributed by atoms with E-state index in [1.807, 2.05) is 0 Å². The first-order chi connectivity index (χ1) is 20.5. The Kier molecular flexibility index (Phi) is 10.0. The van der Waals surface area contributed by atoms with Crippen LogP contribution in [0, 0.1) is 0 Å². The third kappa shape index (κ3) is 8.10. The van der Waals surface area contributed by atoms with E-state index in [1.165, 1.54) is 49.4 Å². The van der Waals surface area contributed by atoms with Crippen LogP contribution in [0.2, 0.25) is 5.02 Å². The van der Waals surface area contributed by atoms with Crippen molar-refractivity contribution in [2.75, 3.05) is 6.61 Å². The van der Waals surface area contributed by atoms with Crippen molar-refractivity contribution in [2.24, 2.45) is 5.73 Å². The number of aliphatic hydroxyl groups is 2. The first-order valence-electron chi connectivity index (χ1n) is 13.1. The van der Waals surface area contributed by atoms with Crippen molar-refractivity contribution < 1.29 is 56.1 Å². The number of carbonyl (C=O) groups is 2. The molecule has 0 bridgehead atoms. The van der Waals surface area contributed by atoms with E-state index in [0.29, 0.717) is 5.02 Å². The number of aliphatic hydroxyl groups excluding tert-OH is 1. The zero-order chi connectivity index (χ0) is 32.3. The van der Waals surface area contributed by atoms with Crippen molar-refractivity contribution in [2.45, 2.75) is 62.1 Å². The summed E-state index contributed by atoms with van der Waals surface area (Å²) in [4.78, 5) is 24.0. The van der Waals surface area contributed by atoms with Crippen molar-refractivity contribution in [3.8, 4) is 5.75 Å². The molecule has 6 N–H and O–H groups in total. The first kappa shape index (κ1) is 33.7. The Bertz CT molecular complexity index is 1440. The van der Waals surface area contributed by atoms with Gasteiger partial charge in [0.2, 0.25) is 5.91 Å². The van der Waals surface area contributed by atoms with Gasteiger partial charge in [-0.05, 0) is 50.1 Å². The van der Waals surface area contributed by atoms with Crippen LogP contribution in [0.1, 0.15) is 30.9 Å². The lowest BCUT2D eigenvalue weighted by Crippen LogP contribution is -2.50. The summed E-state index contributed by atoms with van der Waals surface area (Å²) in [6.07, 6.45) is -6.51. The van der Waals surface area contributed by atoms with Crippen molar-refractivity contribution in [1.29, 1.82) is 0 Å². The molecular weight excluding hydrogens is 634 g/mol. The number of amides is 1. The maximum atomic E-state index is 14.0. The summed E-state index contributed by atoms with van der Waals surface area (Å²) in [5.41, 5.74) is 0.291. The summed E-state index contributed by atoms with van der Waals surface area (Å²) < 4.78 is 76.1. The number of rotatable bonds is 13. The van der Waals surface area contributed by atoms with E-state index >= 15 is 0 Å². The molecule has 0 radical (unpaired) electrons. The second kappa shape index (κ2) is 13.1. The summed E-state index contributed by atoms with van der Waals surface area (Å²) in [5.74, 6) is -1.74. The molecule has 240 valence electrons. The fourth-order valence-corrected chi connectivity index (χ4v) is 6.19. The second-order valence-corrected chi connectivity index (χ2v) is 12.5. The summed E-state index contributed by atoms with van der Waals surface area (Å²) in [6, 6.07) is 10.3. The molecule has 2 aromatic carbocycles. The number of hydrogen-bond donors (Lipinski definition) is 5. The third-order valence-electron chi connectivity index (χ3n) is 6.91. The number of nitrogens with one attached hydrogen (secondary N) is 2. The molecular formula is C27H30ClF3N3O9P. The lowest BCUT2D eigenvalue weighted by Gasteiger charge is -2.27. The average Bonchev–Trinajstić information content (AvgIpc) is 3.69. The molecule has 1 amide bonds.